The van der Waals surface area contributed by atoms with Gasteiger partial charge >= 0.3 is 0 Å². The van der Waals surface area contributed by atoms with Crippen LogP contribution in [0.3, 0.4) is 0 Å². The first kappa shape index (κ1) is 12.0. The summed E-state index contributed by atoms with van der Waals surface area (Å²) in [6.07, 6.45) is 3.21. The molecule has 0 saturated carbocycles. The number of ether oxygens (including phenoxy) is 1. The molecule has 7 heteroatoms. The highest BCUT2D eigenvalue weighted by molar-refractivity contribution is 5.43. The van der Waals surface area contributed by atoms with Gasteiger partial charge in [0.2, 0.25) is 0 Å². The van der Waals surface area contributed by atoms with Crippen LogP contribution in [-0.2, 0) is 4.74 Å². The van der Waals surface area contributed by atoms with Crippen molar-refractivity contribution in [1.29, 1.82) is 0 Å². The van der Waals surface area contributed by atoms with Gasteiger partial charge in [-0.25, -0.2) is 9.37 Å². The Labute approximate surface area is 109 Å². The second kappa shape index (κ2) is 4.93. The van der Waals surface area contributed by atoms with Gasteiger partial charge in [-0.15, -0.1) is 0 Å². The molecule has 2 atom stereocenters. The Morgan fingerprint density at radius 3 is 3.05 bits per heavy atom. The highest BCUT2D eigenvalue weighted by atomic mass is 19.1. The van der Waals surface area contributed by atoms with E-state index < -0.39 is 0 Å². The van der Waals surface area contributed by atoms with Crippen LogP contribution in [-0.4, -0.2) is 46.7 Å². The van der Waals surface area contributed by atoms with Gasteiger partial charge in [-0.2, -0.15) is 15.4 Å². The number of aromatic nitrogens is 4. The minimum Gasteiger partial charge on any atom is -0.379 e. The van der Waals surface area contributed by atoms with Crippen molar-refractivity contribution in [3.05, 3.63) is 36.0 Å². The maximum atomic E-state index is 13.8. The van der Waals surface area contributed by atoms with E-state index in [0.717, 1.165) is 5.69 Å². The lowest BCUT2D eigenvalue weighted by atomic mass is 10.0. The van der Waals surface area contributed by atoms with Crippen molar-refractivity contribution in [2.24, 2.45) is 0 Å². The summed E-state index contributed by atoms with van der Waals surface area (Å²) in [6.45, 7) is 1.20. The molecule has 0 aliphatic carbocycles. The molecule has 1 aliphatic heterocycles. The van der Waals surface area contributed by atoms with E-state index in [1.807, 2.05) is 4.90 Å². The number of methoxy groups -OCH3 is 1. The van der Waals surface area contributed by atoms with Crippen molar-refractivity contribution in [1.82, 2.24) is 20.4 Å². The Kier molecular flexibility index (Phi) is 3.12. The van der Waals surface area contributed by atoms with E-state index in [4.69, 9.17) is 4.74 Å². The average Bonchev–Trinajstić information content (AvgIpc) is 3.08. The van der Waals surface area contributed by atoms with Crippen molar-refractivity contribution in [3.63, 3.8) is 0 Å². The van der Waals surface area contributed by atoms with Gasteiger partial charge in [0.15, 0.2) is 11.6 Å². The van der Waals surface area contributed by atoms with E-state index in [9.17, 15) is 4.39 Å². The summed E-state index contributed by atoms with van der Waals surface area (Å²) in [7, 11) is 1.65. The number of hydrogen-bond acceptors (Lipinski definition) is 5. The third-order valence-corrected chi connectivity index (χ3v) is 3.42. The molecule has 100 valence electrons. The molecular formula is C12H14FN5O. The van der Waals surface area contributed by atoms with E-state index in [-0.39, 0.29) is 17.8 Å². The fourth-order valence-corrected chi connectivity index (χ4v) is 2.47. The van der Waals surface area contributed by atoms with Crippen LogP contribution in [0.25, 0.3) is 0 Å². The molecule has 0 spiro atoms. The van der Waals surface area contributed by atoms with Gasteiger partial charge in [0, 0.05) is 26.4 Å². The zero-order chi connectivity index (χ0) is 13.2. The van der Waals surface area contributed by atoms with Crippen LogP contribution < -0.4 is 4.90 Å². The summed E-state index contributed by atoms with van der Waals surface area (Å²) >= 11 is 0. The van der Waals surface area contributed by atoms with Crippen molar-refractivity contribution >= 4 is 5.82 Å². The van der Waals surface area contributed by atoms with Crippen LogP contribution in [0.2, 0.25) is 0 Å². The van der Waals surface area contributed by atoms with Gasteiger partial charge < -0.3 is 9.64 Å². The van der Waals surface area contributed by atoms with E-state index in [0.29, 0.717) is 18.9 Å². The summed E-state index contributed by atoms with van der Waals surface area (Å²) in [5.74, 6) is 0.0962. The van der Waals surface area contributed by atoms with Crippen molar-refractivity contribution in [3.8, 4) is 0 Å². The van der Waals surface area contributed by atoms with Crippen LogP contribution in [0, 0.1) is 5.82 Å². The Bertz CT molecular complexity index is 547. The fraction of sp³-hybridized carbons (Fsp3) is 0.417. The SMILES string of the molecule is CO[C@@H]1CN(c2ncccc2F)C[C@H]1c1cn[nH]n1. The van der Waals surface area contributed by atoms with E-state index in [2.05, 4.69) is 20.4 Å². The molecule has 0 aromatic carbocycles. The lowest BCUT2D eigenvalue weighted by Crippen LogP contribution is -2.24. The highest BCUT2D eigenvalue weighted by Crippen LogP contribution is 2.31. The second-order valence-electron chi connectivity index (χ2n) is 4.49. The number of H-pyrrole nitrogens is 1. The minimum absolute atomic E-state index is 0.0495. The first-order valence-corrected chi connectivity index (χ1v) is 6.03. The largest absolute Gasteiger partial charge is 0.379 e. The Morgan fingerprint density at radius 2 is 2.37 bits per heavy atom. The van der Waals surface area contributed by atoms with Gasteiger partial charge in [-0.1, -0.05) is 0 Å². The second-order valence-corrected chi connectivity index (χ2v) is 4.49. The van der Waals surface area contributed by atoms with Crippen molar-refractivity contribution < 1.29 is 9.13 Å². The summed E-state index contributed by atoms with van der Waals surface area (Å²) in [6, 6.07) is 2.99. The molecule has 0 radical (unpaired) electrons. The van der Waals surface area contributed by atoms with Crippen molar-refractivity contribution in [2.45, 2.75) is 12.0 Å². The van der Waals surface area contributed by atoms with E-state index in [1.54, 1.807) is 25.6 Å². The number of hydrogen-bond donors (Lipinski definition) is 1. The number of aromatic amines is 1. The average molecular weight is 263 g/mol. The van der Waals surface area contributed by atoms with Crippen LogP contribution in [0.5, 0.6) is 0 Å². The predicted molar refractivity (Wildman–Crippen MR) is 66.3 cm³/mol. The summed E-state index contributed by atoms with van der Waals surface area (Å²) in [5.41, 5.74) is 0.825. The molecule has 2 aromatic rings. The molecule has 3 rings (SSSR count). The van der Waals surface area contributed by atoms with Gasteiger partial charge in [0.05, 0.1) is 23.9 Å². The molecule has 1 saturated heterocycles. The van der Waals surface area contributed by atoms with Crippen LogP contribution in [0.15, 0.2) is 24.5 Å². The first-order chi connectivity index (χ1) is 9.29. The Hall–Kier alpha value is -2.02. The highest BCUT2D eigenvalue weighted by Gasteiger charge is 2.36. The molecule has 0 unspecified atom stereocenters. The van der Waals surface area contributed by atoms with E-state index in [1.165, 1.54) is 6.07 Å². The number of rotatable bonds is 3. The maximum absolute atomic E-state index is 13.8. The van der Waals surface area contributed by atoms with Crippen LogP contribution >= 0.6 is 0 Å². The molecule has 0 bridgehead atoms. The summed E-state index contributed by atoms with van der Waals surface area (Å²) < 4.78 is 19.2. The van der Waals surface area contributed by atoms with Gasteiger partial charge in [-0.3, -0.25) is 0 Å². The third-order valence-electron chi connectivity index (χ3n) is 3.42. The van der Waals surface area contributed by atoms with Crippen LogP contribution in [0.1, 0.15) is 11.6 Å². The zero-order valence-electron chi connectivity index (χ0n) is 10.5. The predicted octanol–water partition coefficient (Wildman–Crippen LogP) is 0.958. The first-order valence-electron chi connectivity index (χ1n) is 6.03. The normalized spacial score (nSPS) is 22.9. The monoisotopic (exact) mass is 263 g/mol. The number of pyridine rings is 1. The molecule has 1 aliphatic rings. The molecule has 2 aromatic heterocycles. The molecule has 3 heterocycles. The minimum atomic E-state index is -0.321. The summed E-state index contributed by atoms with van der Waals surface area (Å²) in [5, 5.41) is 10.5. The van der Waals surface area contributed by atoms with Gasteiger partial charge in [0.25, 0.3) is 0 Å². The van der Waals surface area contributed by atoms with Gasteiger partial charge in [-0.05, 0) is 12.1 Å². The summed E-state index contributed by atoms with van der Waals surface area (Å²) in [4.78, 5) is 5.97. The standard InChI is InChI=1S/C12H14FN5O/c1-19-11-7-18(12-9(13)3-2-4-14-12)6-8(11)10-5-15-17-16-10/h2-5,8,11H,6-7H2,1H3,(H,15,16,17)/t8-,11+/m0/s1. The molecule has 6 nitrogen and oxygen atoms in total. The molecule has 0 amide bonds. The molecule has 1 fully saturated rings. The maximum Gasteiger partial charge on any atom is 0.165 e. The van der Waals surface area contributed by atoms with E-state index >= 15 is 0 Å². The number of nitrogens with one attached hydrogen (secondary N) is 1. The quantitative estimate of drug-likeness (QED) is 0.893. The lowest BCUT2D eigenvalue weighted by Gasteiger charge is -2.17. The third kappa shape index (κ3) is 2.17. The number of halogens is 1. The van der Waals surface area contributed by atoms with Gasteiger partial charge in [0.1, 0.15) is 0 Å². The smallest absolute Gasteiger partial charge is 0.165 e. The van der Waals surface area contributed by atoms with Crippen molar-refractivity contribution in [2.75, 3.05) is 25.1 Å². The van der Waals surface area contributed by atoms with Crippen LogP contribution in [0.4, 0.5) is 10.2 Å². The Balaban J connectivity index is 1.86. The number of anilines is 1. The molecule has 19 heavy (non-hydrogen) atoms. The molecule has 1 N–H and O–H groups in total. The topological polar surface area (TPSA) is 66.9 Å². The number of nitrogens with zero attached hydrogens (tertiary/aromatic N) is 4. The Morgan fingerprint density at radius 1 is 1.47 bits per heavy atom. The zero-order valence-corrected chi connectivity index (χ0v) is 10.5. The lowest BCUT2D eigenvalue weighted by molar-refractivity contribution is 0.105. The fourth-order valence-electron chi connectivity index (χ4n) is 2.47. The molecular weight excluding hydrogens is 249 g/mol.